The largest absolute Gasteiger partial charge is 0.504 e. The zero-order valence-electron chi connectivity index (χ0n) is 23.0. The summed E-state index contributed by atoms with van der Waals surface area (Å²) in [7, 11) is 1.75. The number of hydrogen-bond donors (Lipinski definition) is 3. The van der Waals surface area contributed by atoms with Crippen LogP contribution in [0.5, 0.6) is 11.5 Å². The van der Waals surface area contributed by atoms with Crippen molar-refractivity contribution in [3.63, 3.8) is 0 Å². The van der Waals surface area contributed by atoms with E-state index < -0.39 is 5.60 Å². The third-order valence-electron chi connectivity index (χ3n) is 9.88. The lowest BCUT2D eigenvalue weighted by Gasteiger charge is -2.61. The molecule has 5 nitrogen and oxygen atoms in total. The molecule has 0 spiro atoms. The lowest BCUT2D eigenvalue weighted by molar-refractivity contribution is -0.175. The summed E-state index contributed by atoms with van der Waals surface area (Å²) in [6.07, 6.45) is 3.46. The van der Waals surface area contributed by atoms with Crippen LogP contribution >= 0.6 is 0 Å². The molecule has 7 atom stereocenters. The van der Waals surface area contributed by atoms with E-state index in [2.05, 4.69) is 46.4 Å². The predicted octanol–water partition coefficient (Wildman–Crippen LogP) is 5.62. The van der Waals surface area contributed by atoms with Gasteiger partial charge in [0.2, 0.25) is 0 Å². The number of aromatic hydroxyl groups is 2. The summed E-state index contributed by atoms with van der Waals surface area (Å²) in [5.41, 5.74) is 0.367. The molecule has 0 bridgehead atoms. The van der Waals surface area contributed by atoms with Crippen molar-refractivity contribution in [1.29, 1.82) is 0 Å². The number of ether oxygens (including phenoxy) is 1. The fourth-order valence-electron chi connectivity index (χ4n) is 6.96. The molecular formula is C29H49NO4. The summed E-state index contributed by atoms with van der Waals surface area (Å²) >= 11 is 0. The molecule has 0 radical (unpaired) electrons. The minimum atomic E-state index is -0.908. The third-order valence-corrected chi connectivity index (χ3v) is 9.88. The number of aryl methyl sites for hydroxylation is 1. The van der Waals surface area contributed by atoms with Crippen LogP contribution in [0, 0.1) is 30.1 Å². The van der Waals surface area contributed by atoms with Gasteiger partial charge in [-0.3, -0.25) is 0 Å². The molecule has 194 valence electrons. The number of phenols is 2. The van der Waals surface area contributed by atoms with E-state index in [-0.39, 0.29) is 40.3 Å². The number of fused-ring (bicyclic) bond motifs is 1. The molecule has 0 amide bonds. The van der Waals surface area contributed by atoms with Crippen LogP contribution in [0.1, 0.15) is 85.3 Å². The number of hydrogen-bond acceptors (Lipinski definition) is 5. The Morgan fingerprint density at radius 2 is 1.85 bits per heavy atom. The average molecular weight is 476 g/mol. The van der Waals surface area contributed by atoms with Gasteiger partial charge in [0.15, 0.2) is 11.5 Å². The van der Waals surface area contributed by atoms with Gasteiger partial charge in [-0.2, -0.15) is 0 Å². The average Bonchev–Trinajstić information content (AvgIpc) is 2.76. The van der Waals surface area contributed by atoms with Crippen molar-refractivity contribution in [1.82, 2.24) is 4.90 Å². The summed E-state index contributed by atoms with van der Waals surface area (Å²) < 4.78 is 6.12. The molecule has 1 aliphatic carbocycles. The molecule has 1 saturated heterocycles. The second kappa shape index (κ2) is 9.63. The van der Waals surface area contributed by atoms with Crippen molar-refractivity contribution in [3.05, 3.63) is 23.3 Å². The Kier molecular flexibility index (Phi) is 7.73. The quantitative estimate of drug-likeness (QED) is 0.466. The molecule has 2 aliphatic rings. The van der Waals surface area contributed by atoms with E-state index in [1.165, 1.54) is 0 Å². The molecule has 3 rings (SSSR count). The number of rotatable bonds is 6. The van der Waals surface area contributed by atoms with Crippen LogP contribution in [0.3, 0.4) is 0 Å². The molecule has 0 aromatic heterocycles. The molecule has 1 aromatic carbocycles. The number of methoxy groups -OCH3 is 1. The maximum Gasteiger partial charge on any atom is 0.161 e. The van der Waals surface area contributed by atoms with Crippen LogP contribution < -0.4 is 0 Å². The Bertz CT molecular complexity index is 860. The van der Waals surface area contributed by atoms with E-state index >= 15 is 0 Å². The van der Waals surface area contributed by atoms with Crippen LogP contribution in [-0.4, -0.2) is 58.2 Å². The van der Waals surface area contributed by atoms with Gasteiger partial charge in [-0.25, -0.2) is 0 Å². The molecule has 3 N–H and O–H groups in total. The van der Waals surface area contributed by atoms with E-state index in [1.54, 1.807) is 13.2 Å². The number of nitrogens with zero attached hydrogens (tertiary/aromatic N) is 1. The second-order valence-electron chi connectivity index (χ2n) is 12.6. The number of benzene rings is 1. The molecule has 1 aromatic rings. The number of phenolic OH excluding ortho intramolecular Hbond substituents is 2. The summed E-state index contributed by atoms with van der Waals surface area (Å²) in [5.74, 6) is 0.780. The fourth-order valence-corrected chi connectivity index (χ4v) is 6.96. The number of aliphatic hydroxyl groups is 1. The molecule has 5 heteroatoms. The van der Waals surface area contributed by atoms with Crippen LogP contribution in [0.4, 0.5) is 0 Å². The topological polar surface area (TPSA) is 73.2 Å². The minimum absolute atomic E-state index is 0.0171. The fraction of sp³-hybridized carbons (Fsp3) is 0.793. The predicted molar refractivity (Wildman–Crippen MR) is 138 cm³/mol. The zero-order valence-corrected chi connectivity index (χ0v) is 23.0. The first kappa shape index (κ1) is 27.3. The maximum atomic E-state index is 11.8. The number of piperidine rings is 1. The van der Waals surface area contributed by atoms with E-state index in [4.69, 9.17) is 4.74 Å². The van der Waals surface area contributed by atoms with Gasteiger partial charge in [0.05, 0.1) is 11.7 Å². The lowest BCUT2D eigenvalue weighted by atomic mass is 9.50. The highest BCUT2D eigenvalue weighted by Gasteiger charge is 2.59. The van der Waals surface area contributed by atoms with Gasteiger partial charge in [-0.15, -0.1) is 0 Å². The highest BCUT2D eigenvalue weighted by atomic mass is 16.5. The third kappa shape index (κ3) is 4.49. The Balaban J connectivity index is 2.16. The standard InChI is InChI=1S/C29H49NO4/c1-10-18(2)17-30-14-13-29(25-19(3)11-12-23(31)26(25)32)16-24(34-9)22(15-21(29)20(30)4)28(8,33)27(5,6)7/h11-12,18,20-22,24,31-33H,10,13-17H2,1-9H3/t18?,20?,21?,22?,24?,28-,29?/m1/s1. The Morgan fingerprint density at radius 3 is 2.41 bits per heavy atom. The van der Waals surface area contributed by atoms with Crippen LogP contribution in [0.15, 0.2) is 12.1 Å². The first-order valence-electron chi connectivity index (χ1n) is 13.2. The number of likely N-dealkylation sites (tertiary alicyclic amines) is 1. The minimum Gasteiger partial charge on any atom is -0.504 e. The van der Waals surface area contributed by atoms with Gasteiger partial charge in [0.1, 0.15) is 0 Å². The van der Waals surface area contributed by atoms with Gasteiger partial charge in [0, 0.05) is 36.6 Å². The highest BCUT2D eigenvalue weighted by molar-refractivity contribution is 5.53. The van der Waals surface area contributed by atoms with Gasteiger partial charge in [-0.05, 0) is 75.5 Å². The van der Waals surface area contributed by atoms with E-state index in [0.717, 1.165) is 49.9 Å². The lowest BCUT2D eigenvalue weighted by Crippen LogP contribution is -2.64. The molecule has 6 unspecified atom stereocenters. The smallest absolute Gasteiger partial charge is 0.161 e. The second-order valence-corrected chi connectivity index (χ2v) is 12.6. The van der Waals surface area contributed by atoms with E-state index in [9.17, 15) is 15.3 Å². The molecule has 1 aliphatic heterocycles. The normalized spacial score (nSPS) is 33.2. The van der Waals surface area contributed by atoms with Crippen molar-refractivity contribution >= 4 is 0 Å². The van der Waals surface area contributed by atoms with Crippen LogP contribution in [-0.2, 0) is 10.2 Å². The van der Waals surface area contributed by atoms with Crippen molar-refractivity contribution in [3.8, 4) is 11.5 Å². The van der Waals surface area contributed by atoms with Crippen LogP contribution in [0.2, 0.25) is 0 Å². The maximum absolute atomic E-state index is 11.8. The van der Waals surface area contributed by atoms with E-state index in [1.807, 2.05) is 19.9 Å². The monoisotopic (exact) mass is 475 g/mol. The molecule has 2 fully saturated rings. The van der Waals surface area contributed by atoms with Crippen molar-refractivity contribution in [2.75, 3.05) is 20.2 Å². The van der Waals surface area contributed by atoms with Crippen molar-refractivity contribution in [2.24, 2.45) is 23.2 Å². The summed E-state index contributed by atoms with van der Waals surface area (Å²) in [4.78, 5) is 2.61. The van der Waals surface area contributed by atoms with Gasteiger partial charge < -0.3 is 25.0 Å². The zero-order chi connectivity index (χ0) is 25.6. The summed E-state index contributed by atoms with van der Waals surface area (Å²) in [6.45, 7) is 19.2. The van der Waals surface area contributed by atoms with Crippen LogP contribution in [0.25, 0.3) is 0 Å². The van der Waals surface area contributed by atoms with Gasteiger partial charge in [-0.1, -0.05) is 47.1 Å². The molecule has 1 saturated carbocycles. The van der Waals surface area contributed by atoms with Crippen molar-refractivity contribution in [2.45, 2.75) is 104 Å². The SMILES string of the molecule is CCC(C)CN1CCC2(c3c(C)ccc(O)c3O)CC(OC)C([C@@](C)(O)C(C)(C)C)CC2C1C. The Hall–Kier alpha value is -1.30. The highest BCUT2D eigenvalue weighted by Crippen LogP contribution is 2.59. The summed E-state index contributed by atoms with van der Waals surface area (Å²) in [6, 6.07) is 3.80. The van der Waals surface area contributed by atoms with Gasteiger partial charge in [0.25, 0.3) is 0 Å². The molecule has 34 heavy (non-hydrogen) atoms. The van der Waals surface area contributed by atoms with Crippen molar-refractivity contribution < 1.29 is 20.1 Å². The van der Waals surface area contributed by atoms with Gasteiger partial charge >= 0.3 is 0 Å². The Morgan fingerprint density at radius 1 is 1.21 bits per heavy atom. The first-order valence-corrected chi connectivity index (χ1v) is 13.2. The Labute approximate surface area is 207 Å². The molecular weight excluding hydrogens is 426 g/mol. The molecule has 1 heterocycles. The summed E-state index contributed by atoms with van der Waals surface area (Å²) in [5, 5.41) is 33.5. The van der Waals surface area contributed by atoms with E-state index in [0.29, 0.717) is 12.0 Å². The first-order chi connectivity index (χ1) is 15.7.